The lowest BCUT2D eigenvalue weighted by Gasteiger charge is -2.08. The Balaban J connectivity index is 2.27. The van der Waals surface area contributed by atoms with E-state index in [9.17, 15) is 9.59 Å². The molecule has 1 rings (SSSR count). The van der Waals surface area contributed by atoms with Crippen LogP contribution in [0.5, 0.6) is 0 Å². The fourth-order valence-corrected chi connectivity index (χ4v) is 1.76. The van der Waals surface area contributed by atoms with Crippen LogP contribution in [0.2, 0.25) is 0 Å². The van der Waals surface area contributed by atoms with E-state index in [1.54, 1.807) is 0 Å². The Morgan fingerprint density at radius 2 is 2.16 bits per heavy atom. The van der Waals surface area contributed by atoms with E-state index in [4.69, 9.17) is 9.84 Å². The van der Waals surface area contributed by atoms with E-state index >= 15 is 0 Å². The number of ether oxygens (including phenoxy) is 1. The Bertz CT molecular complexity index is 465. The Morgan fingerprint density at radius 1 is 1.42 bits per heavy atom. The summed E-state index contributed by atoms with van der Waals surface area (Å²) in [7, 11) is 0. The third-order valence-corrected chi connectivity index (χ3v) is 3.35. The number of hydrogen-bond donors (Lipinski definition) is 3. The van der Waals surface area contributed by atoms with Gasteiger partial charge in [0.15, 0.2) is 0 Å². The predicted octanol–water partition coefficient (Wildman–Crippen LogP) is 1.82. The summed E-state index contributed by atoms with van der Waals surface area (Å²) in [6, 6.07) is 5.26. The van der Waals surface area contributed by atoms with Gasteiger partial charge in [-0.25, -0.2) is 9.59 Å². The number of carbonyl (C=O) groups excluding carboxylic acids is 1. The molecule has 19 heavy (non-hydrogen) atoms. The molecule has 0 heterocycles. The standard InChI is InChI=1S/C12H15IN2O4/c1-8-2-3-9(6-10(8)13)15-12(18)14-4-5-19-7-11(16)17/h2-3,6H,4-5,7H2,1H3,(H,16,17)(H2,14,15,18). The first-order chi connectivity index (χ1) is 8.99. The van der Waals surface area contributed by atoms with Gasteiger partial charge in [0.05, 0.1) is 6.61 Å². The number of aryl methyl sites for hydroxylation is 1. The van der Waals surface area contributed by atoms with Gasteiger partial charge in [0.2, 0.25) is 0 Å². The molecule has 0 aliphatic carbocycles. The maximum Gasteiger partial charge on any atom is 0.329 e. The summed E-state index contributed by atoms with van der Waals surface area (Å²) in [5.41, 5.74) is 1.85. The van der Waals surface area contributed by atoms with Crippen LogP contribution in [0.4, 0.5) is 10.5 Å². The summed E-state index contributed by atoms with van der Waals surface area (Å²) in [5, 5.41) is 13.6. The molecule has 6 nitrogen and oxygen atoms in total. The fourth-order valence-electron chi connectivity index (χ4n) is 1.24. The van der Waals surface area contributed by atoms with E-state index in [0.29, 0.717) is 5.69 Å². The van der Waals surface area contributed by atoms with Gasteiger partial charge < -0.3 is 20.5 Å². The first-order valence-corrected chi connectivity index (χ1v) is 6.67. The zero-order chi connectivity index (χ0) is 14.3. The molecule has 0 saturated heterocycles. The second-order valence-corrected chi connectivity index (χ2v) is 4.95. The highest BCUT2D eigenvalue weighted by Crippen LogP contribution is 2.16. The van der Waals surface area contributed by atoms with Crippen LogP contribution in [-0.2, 0) is 9.53 Å². The predicted molar refractivity (Wildman–Crippen MR) is 79.4 cm³/mol. The van der Waals surface area contributed by atoms with E-state index in [-0.39, 0.29) is 25.8 Å². The molecule has 7 heteroatoms. The van der Waals surface area contributed by atoms with Gasteiger partial charge in [0.25, 0.3) is 0 Å². The molecule has 3 N–H and O–H groups in total. The molecule has 0 atom stereocenters. The minimum absolute atomic E-state index is 0.158. The number of hydrogen-bond acceptors (Lipinski definition) is 3. The number of carboxylic acid groups (broad SMARTS) is 1. The van der Waals surface area contributed by atoms with Gasteiger partial charge in [0, 0.05) is 15.8 Å². The molecule has 2 amide bonds. The molecule has 0 aromatic heterocycles. The molecular weight excluding hydrogens is 363 g/mol. The molecule has 0 aliphatic heterocycles. The molecule has 1 aromatic rings. The van der Waals surface area contributed by atoms with E-state index in [0.717, 1.165) is 9.13 Å². The summed E-state index contributed by atoms with van der Waals surface area (Å²) in [4.78, 5) is 21.7. The second kappa shape index (κ2) is 7.95. The van der Waals surface area contributed by atoms with Crippen LogP contribution in [0, 0.1) is 10.5 Å². The van der Waals surface area contributed by atoms with Crippen molar-refractivity contribution in [3.8, 4) is 0 Å². The molecule has 1 aromatic carbocycles. The van der Waals surface area contributed by atoms with Gasteiger partial charge >= 0.3 is 12.0 Å². The Labute approximate surface area is 124 Å². The van der Waals surface area contributed by atoms with Gasteiger partial charge in [-0.15, -0.1) is 0 Å². The molecule has 0 bridgehead atoms. The first kappa shape index (κ1) is 15.7. The van der Waals surface area contributed by atoms with E-state index in [1.165, 1.54) is 0 Å². The molecule has 104 valence electrons. The molecule has 0 aliphatic rings. The number of benzene rings is 1. The van der Waals surface area contributed by atoms with Crippen LogP contribution < -0.4 is 10.6 Å². The number of carboxylic acids is 1. The average molecular weight is 378 g/mol. The van der Waals surface area contributed by atoms with Gasteiger partial charge in [-0.05, 0) is 47.2 Å². The fraction of sp³-hybridized carbons (Fsp3) is 0.333. The normalized spacial score (nSPS) is 10.0. The summed E-state index contributed by atoms with van der Waals surface area (Å²) in [5.74, 6) is -1.03. The van der Waals surface area contributed by atoms with Crippen molar-refractivity contribution < 1.29 is 19.4 Å². The number of rotatable bonds is 6. The highest BCUT2D eigenvalue weighted by Gasteiger charge is 2.03. The lowest BCUT2D eigenvalue weighted by atomic mass is 10.2. The third-order valence-electron chi connectivity index (χ3n) is 2.19. The van der Waals surface area contributed by atoms with Crippen LogP contribution in [0.1, 0.15) is 5.56 Å². The van der Waals surface area contributed by atoms with Crippen molar-refractivity contribution in [2.45, 2.75) is 6.92 Å². The van der Waals surface area contributed by atoms with Gasteiger partial charge in [-0.1, -0.05) is 6.07 Å². The zero-order valence-corrected chi connectivity index (χ0v) is 12.6. The Hall–Kier alpha value is -1.35. The van der Waals surface area contributed by atoms with Crippen molar-refractivity contribution in [3.63, 3.8) is 0 Å². The smallest absolute Gasteiger partial charge is 0.329 e. The summed E-state index contributed by atoms with van der Waals surface area (Å²) in [6.07, 6.45) is 0. The minimum Gasteiger partial charge on any atom is -0.480 e. The highest BCUT2D eigenvalue weighted by molar-refractivity contribution is 14.1. The summed E-state index contributed by atoms with van der Waals surface area (Å²) < 4.78 is 5.86. The summed E-state index contributed by atoms with van der Waals surface area (Å²) in [6.45, 7) is 2.04. The number of urea groups is 1. The maximum atomic E-state index is 11.5. The maximum absolute atomic E-state index is 11.5. The Kier molecular flexibility index (Phi) is 6.57. The lowest BCUT2D eigenvalue weighted by molar-refractivity contribution is -0.142. The number of amides is 2. The first-order valence-electron chi connectivity index (χ1n) is 5.59. The molecule has 0 saturated carbocycles. The SMILES string of the molecule is Cc1ccc(NC(=O)NCCOCC(=O)O)cc1I. The molecule has 0 spiro atoms. The van der Waals surface area contributed by atoms with Crippen LogP contribution >= 0.6 is 22.6 Å². The second-order valence-electron chi connectivity index (χ2n) is 3.79. The third kappa shape index (κ3) is 6.39. The summed E-state index contributed by atoms with van der Waals surface area (Å²) >= 11 is 2.20. The largest absolute Gasteiger partial charge is 0.480 e. The zero-order valence-electron chi connectivity index (χ0n) is 10.4. The van der Waals surface area contributed by atoms with Gasteiger partial charge in [0.1, 0.15) is 6.61 Å². The van der Waals surface area contributed by atoms with Crippen LogP contribution in [0.25, 0.3) is 0 Å². The van der Waals surface area contributed by atoms with Crippen LogP contribution in [-0.4, -0.2) is 36.9 Å². The molecule has 0 fully saturated rings. The van der Waals surface area contributed by atoms with Crippen molar-refractivity contribution in [1.29, 1.82) is 0 Å². The number of anilines is 1. The molecular formula is C12H15IN2O4. The topological polar surface area (TPSA) is 87.7 Å². The van der Waals surface area contributed by atoms with Crippen molar-refractivity contribution in [3.05, 3.63) is 27.3 Å². The van der Waals surface area contributed by atoms with Crippen LogP contribution in [0.15, 0.2) is 18.2 Å². The lowest BCUT2D eigenvalue weighted by Crippen LogP contribution is -2.32. The quantitative estimate of drug-likeness (QED) is 0.521. The number of halogens is 1. The van der Waals surface area contributed by atoms with E-state index in [2.05, 4.69) is 33.2 Å². The number of nitrogens with one attached hydrogen (secondary N) is 2. The van der Waals surface area contributed by atoms with Crippen molar-refractivity contribution in [2.75, 3.05) is 25.1 Å². The average Bonchev–Trinajstić information content (AvgIpc) is 2.33. The number of carbonyl (C=O) groups is 2. The van der Waals surface area contributed by atoms with Crippen molar-refractivity contribution >= 4 is 40.3 Å². The van der Waals surface area contributed by atoms with Crippen molar-refractivity contribution in [2.24, 2.45) is 0 Å². The van der Waals surface area contributed by atoms with E-state index in [1.807, 2.05) is 25.1 Å². The van der Waals surface area contributed by atoms with Crippen LogP contribution in [0.3, 0.4) is 0 Å². The minimum atomic E-state index is -1.03. The number of aliphatic carboxylic acids is 1. The van der Waals surface area contributed by atoms with E-state index < -0.39 is 5.97 Å². The molecule has 0 radical (unpaired) electrons. The van der Waals surface area contributed by atoms with Gasteiger partial charge in [-0.2, -0.15) is 0 Å². The van der Waals surface area contributed by atoms with Gasteiger partial charge in [-0.3, -0.25) is 0 Å². The highest BCUT2D eigenvalue weighted by atomic mass is 127. The molecule has 0 unspecified atom stereocenters. The Morgan fingerprint density at radius 3 is 2.79 bits per heavy atom. The monoisotopic (exact) mass is 378 g/mol. The van der Waals surface area contributed by atoms with Crippen molar-refractivity contribution in [1.82, 2.24) is 5.32 Å².